The highest BCUT2D eigenvalue weighted by atomic mass is 79.9. The number of nitrogens with one attached hydrogen (secondary N) is 1. The summed E-state index contributed by atoms with van der Waals surface area (Å²) in [5.74, 6) is -1.21. The molecule has 12 heteroatoms. The quantitative estimate of drug-likeness (QED) is 0.275. The van der Waals surface area contributed by atoms with Gasteiger partial charge in [0.1, 0.15) is 12.6 Å². The molecule has 3 aromatic rings. The smallest absolute Gasteiger partial charge is 0.352 e. The van der Waals surface area contributed by atoms with Crippen LogP contribution in [0.4, 0.5) is 18.9 Å². The minimum absolute atomic E-state index is 0.0464. The Morgan fingerprint density at radius 1 is 0.951 bits per heavy atom. The van der Waals surface area contributed by atoms with Crippen molar-refractivity contribution in [2.45, 2.75) is 56.9 Å². The van der Waals surface area contributed by atoms with Crippen molar-refractivity contribution in [3.05, 3.63) is 94.5 Å². The summed E-state index contributed by atoms with van der Waals surface area (Å²) in [5, 5.41) is 2.83. The van der Waals surface area contributed by atoms with Crippen LogP contribution < -0.4 is 9.62 Å². The summed E-state index contributed by atoms with van der Waals surface area (Å²) < 4.78 is 69.5. The van der Waals surface area contributed by atoms with Crippen LogP contribution in [0.3, 0.4) is 0 Å². The predicted molar refractivity (Wildman–Crippen MR) is 154 cm³/mol. The van der Waals surface area contributed by atoms with Crippen molar-refractivity contribution in [1.82, 2.24) is 10.2 Å². The minimum atomic E-state index is -4.74. The highest BCUT2D eigenvalue weighted by molar-refractivity contribution is 9.10. The van der Waals surface area contributed by atoms with Crippen molar-refractivity contribution < 1.29 is 31.2 Å². The van der Waals surface area contributed by atoms with Gasteiger partial charge in [0.05, 0.1) is 16.1 Å². The molecule has 7 nitrogen and oxygen atoms in total. The molecule has 41 heavy (non-hydrogen) atoms. The normalized spacial score (nSPS) is 13.2. The number of carbonyl (C=O) groups excluding carboxylic acids is 2. The summed E-state index contributed by atoms with van der Waals surface area (Å²) in [6, 6.07) is 16.8. The summed E-state index contributed by atoms with van der Waals surface area (Å²) in [4.78, 5) is 28.0. The van der Waals surface area contributed by atoms with Gasteiger partial charge in [0.25, 0.3) is 10.0 Å². The third kappa shape index (κ3) is 8.32. The molecule has 0 aromatic heterocycles. The van der Waals surface area contributed by atoms with Crippen molar-refractivity contribution >= 4 is 43.5 Å². The van der Waals surface area contributed by atoms with Gasteiger partial charge in [-0.2, -0.15) is 13.2 Å². The average molecular weight is 655 g/mol. The standard InChI is InChI=1S/C29H31BrF3N3O4S/c1-4-20(2)34-28(38)21(3)35(18-22-10-8-12-24(30)16-22)27(37)19-36(41(39,40)26-14-6-5-7-15-26)25-13-9-11-23(17-25)29(31,32)33/h5-17,20-21H,4,18-19H2,1-3H3,(H,34,38)/t20-,21+/m1/s1. The zero-order valence-corrected chi connectivity index (χ0v) is 25.1. The van der Waals surface area contributed by atoms with Crippen LogP contribution in [0.25, 0.3) is 0 Å². The molecule has 0 bridgehead atoms. The molecule has 0 fully saturated rings. The van der Waals surface area contributed by atoms with Gasteiger partial charge in [0.2, 0.25) is 11.8 Å². The molecule has 0 aliphatic heterocycles. The fourth-order valence-electron chi connectivity index (χ4n) is 3.97. The molecule has 3 rings (SSSR count). The lowest BCUT2D eigenvalue weighted by Gasteiger charge is -2.32. The Bertz CT molecular complexity index is 1470. The number of amides is 2. The Morgan fingerprint density at radius 3 is 2.22 bits per heavy atom. The van der Waals surface area contributed by atoms with Crippen LogP contribution in [0.2, 0.25) is 0 Å². The monoisotopic (exact) mass is 653 g/mol. The number of anilines is 1. The lowest BCUT2D eigenvalue weighted by molar-refractivity contribution is -0.139. The summed E-state index contributed by atoms with van der Waals surface area (Å²) in [7, 11) is -4.48. The Hall–Kier alpha value is -3.38. The Kier molecular flexibility index (Phi) is 10.6. The second-order valence-electron chi connectivity index (χ2n) is 9.52. The van der Waals surface area contributed by atoms with Crippen LogP contribution in [0.15, 0.2) is 88.2 Å². The van der Waals surface area contributed by atoms with Gasteiger partial charge >= 0.3 is 6.18 Å². The van der Waals surface area contributed by atoms with E-state index in [9.17, 15) is 31.2 Å². The minimum Gasteiger partial charge on any atom is -0.352 e. The third-order valence-electron chi connectivity index (χ3n) is 6.48. The summed E-state index contributed by atoms with van der Waals surface area (Å²) in [6.45, 7) is 4.34. The maximum atomic E-state index is 13.9. The Morgan fingerprint density at radius 2 is 1.61 bits per heavy atom. The van der Waals surface area contributed by atoms with E-state index < -0.39 is 46.2 Å². The summed E-state index contributed by atoms with van der Waals surface area (Å²) >= 11 is 3.38. The molecule has 0 unspecified atom stereocenters. The number of rotatable bonds is 11. The van der Waals surface area contributed by atoms with Gasteiger partial charge in [0.15, 0.2) is 0 Å². The topological polar surface area (TPSA) is 86.8 Å². The van der Waals surface area contributed by atoms with E-state index in [-0.39, 0.29) is 23.2 Å². The Labute approximate surface area is 246 Å². The maximum Gasteiger partial charge on any atom is 0.416 e. The molecule has 0 heterocycles. The van der Waals surface area contributed by atoms with Crippen LogP contribution in [-0.4, -0.2) is 43.8 Å². The van der Waals surface area contributed by atoms with E-state index in [4.69, 9.17) is 0 Å². The number of carbonyl (C=O) groups is 2. The predicted octanol–water partition coefficient (Wildman–Crippen LogP) is 6.00. The van der Waals surface area contributed by atoms with Gasteiger partial charge in [-0.3, -0.25) is 13.9 Å². The van der Waals surface area contributed by atoms with Crippen LogP contribution in [0, 0.1) is 0 Å². The van der Waals surface area contributed by atoms with Gasteiger partial charge < -0.3 is 10.2 Å². The highest BCUT2D eigenvalue weighted by Crippen LogP contribution is 2.33. The Balaban J connectivity index is 2.08. The molecular weight excluding hydrogens is 623 g/mol. The number of nitrogens with zero attached hydrogens (tertiary/aromatic N) is 2. The zero-order chi connectivity index (χ0) is 30.4. The van der Waals surface area contributed by atoms with E-state index >= 15 is 0 Å². The maximum absolute atomic E-state index is 13.9. The molecule has 0 saturated heterocycles. The molecule has 2 amide bonds. The van der Waals surface area contributed by atoms with E-state index in [1.165, 1.54) is 42.2 Å². The van der Waals surface area contributed by atoms with Crippen molar-refractivity contribution in [2.24, 2.45) is 0 Å². The summed E-state index contributed by atoms with van der Waals surface area (Å²) in [6.07, 6.45) is -4.09. The number of halogens is 4. The second-order valence-corrected chi connectivity index (χ2v) is 12.3. The van der Waals surface area contributed by atoms with Gasteiger partial charge in [-0.15, -0.1) is 0 Å². The summed E-state index contributed by atoms with van der Waals surface area (Å²) in [5.41, 5.74) is -0.744. The van der Waals surface area contributed by atoms with Crippen molar-refractivity contribution in [1.29, 1.82) is 0 Å². The first kappa shape index (κ1) is 32.1. The largest absolute Gasteiger partial charge is 0.416 e. The molecule has 0 radical (unpaired) electrons. The number of sulfonamides is 1. The molecule has 1 N–H and O–H groups in total. The van der Waals surface area contributed by atoms with E-state index in [0.717, 1.165) is 16.6 Å². The SMILES string of the molecule is CC[C@@H](C)NC(=O)[C@H](C)N(Cc1cccc(Br)c1)C(=O)CN(c1cccc(C(F)(F)F)c1)S(=O)(=O)c1ccccc1. The van der Waals surface area contributed by atoms with Crippen molar-refractivity contribution in [3.63, 3.8) is 0 Å². The first-order chi connectivity index (χ1) is 19.2. The van der Waals surface area contributed by atoms with Crippen LogP contribution in [0.5, 0.6) is 0 Å². The third-order valence-corrected chi connectivity index (χ3v) is 8.76. The van der Waals surface area contributed by atoms with Gasteiger partial charge in [-0.1, -0.05) is 59.3 Å². The fourth-order valence-corrected chi connectivity index (χ4v) is 5.84. The highest BCUT2D eigenvalue weighted by Gasteiger charge is 2.35. The fraction of sp³-hybridized carbons (Fsp3) is 0.310. The number of alkyl halides is 3. The lowest BCUT2D eigenvalue weighted by atomic mass is 10.1. The van der Waals surface area contributed by atoms with Gasteiger partial charge in [0, 0.05) is 17.1 Å². The first-order valence-corrected chi connectivity index (χ1v) is 15.1. The number of hydrogen-bond acceptors (Lipinski definition) is 4. The van der Waals surface area contributed by atoms with E-state index in [2.05, 4.69) is 21.2 Å². The number of benzene rings is 3. The van der Waals surface area contributed by atoms with Gasteiger partial charge in [-0.25, -0.2) is 8.42 Å². The molecule has 2 atom stereocenters. The van der Waals surface area contributed by atoms with Gasteiger partial charge in [-0.05, 0) is 68.3 Å². The van der Waals surface area contributed by atoms with E-state index in [1.807, 2.05) is 13.8 Å². The van der Waals surface area contributed by atoms with Crippen molar-refractivity contribution in [2.75, 3.05) is 10.8 Å². The molecule has 0 saturated carbocycles. The molecule has 220 valence electrons. The molecule has 3 aromatic carbocycles. The van der Waals surface area contributed by atoms with E-state index in [1.54, 1.807) is 30.3 Å². The molecule has 0 spiro atoms. The van der Waals surface area contributed by atoms with E-state index in [0.29, 0.717) is 22.4 Å². The lowest BCUT2D eigenvalue weighted by Crippen LogP contribution is -2.52. The number of hydrogen-bond donors (Lipinski definition) is 1. The second kappa shape index (κ2) is 13.5. The zero-order valence-electron chi connectivity index (χ0n) is 22.7. The van der Waals surface area contributed by atoms with Crippen LogP contribution >= 0.6 is 15.9 Å². The average Bonchev–Trinajstić information content (AvgIpc) is 2.94. The van der Waals surface area contributed by atoms with Crippen molar-refractivity contribution in [3.8, 4) is 0 Å². The van der Waals surface area contributed by atoms with Crippen LogP contribution in [-0.2, 0) is 32.3 Å². The molecule has 0 aliphatic rings. The molecule has 0 aliphatic carbocycles. The first-order valence-electron chi connectivity index (χ1n) is 12.8. The van der Waals surface area contributed by atoms with Crippen LogP contribution in [0.1, 0.15) is 38.3 Å². The molecular formula is C29H31BrF3N3O4S.